The number of carbonyl (C=O) groups excluding carboxylic acids is 1. The summed E-state index contributed by atoms with van der Waals surface area (Å²) in [5.41, 5.74) is 8.88. The summed E-state index contributed by atoms with van der Waals surface area (Å²) in [7, 11) is 0. The van der Waals surface area contributed by atoms with E-state index in [9.17, 15) is 9.59 Å². The molecule has 6 heteroatoms. The first-order valence-corrected chi connectivity index (χ1v) is 6.65. The standard InChI is InChI=1S/C16H17N3O3/c1-9-10(2)18-15(16(21)22)13(9)6-7-14(20)19-12-5-3-4-11(17)8-12/h3-8,18H,17H2,1-2H3,(H,19,20)(H,21,22)/b7-6+. The van der Waals surface area contributed by atoms with Gasteiger partial charge in [0.25, 0.3) is 0 Å². The van der Waals surface area contributed by atoms with Crippen LogP contribution in [0.2, 0.25) is 0 Å². The molecule has 114 valence electrons. The van der Waals surface area contributed by atoms with Crippen LogP contribution in [0.3, 0.4) is 0 Å². The molecule has 5 N–H and O–H groups in total. The molecule has 0 radical (unpaired) electrons. The quantitative estimate of drug-likeness (QED) is 0.514. The number of carboxylic acids is 1. The van der Waals surface area contributed by atoms with E-state index in [0.29, 0.717) is 16.9 Å². The predicted octanol–water partition coefficient (Wildman–Crippen LogP) is 2.56. The average molecular weight is 299 g/mol. The molecule has 6 nitrogen and oxygen atoms in total. The Morgan fingerprint density at radius 1 is 1.32 bits per heavy atom. The molecule has 0 bridgehead atoms. The highest BCUT2D eigenvalue weighted by Crippen LogP contribution is 2.19. The maximum Gasteiger partial charge on any atom is 0.352 e. The number of carbonyl (C=O) groups is 2. The van der Waals surface area contributed by atoms with E-state index in [1.807, 2.05) is 0 Å². The summed E-state index contributed by atoms with van der Waals surface area (Å²) in [6, 6.07) is 6.81. The van der Waals surface area contributed by atoms with E-state index in [1.165, 1.54) is 12.2 Å². The Kier molecular flexibility index (Phi) is 4.31. The van der Waals surface area contributed by atoms with Gasteiger partial charge in [0.1, 0.15) is 5.69 Å². The molecule has 0 unspecified atom stereocenters. The number of rotatable bonds is 4. The highest BCUT2D eigenvalue weighted by molar-refractivity contribution is 6.03. The van der Waals surface area contributed by atoms with Gasteiger partial charge in [-0.15, -0.1) is 0 Å². The van der Waals surface area contributed by atoms with Crippen LogP contribution in [0.15, 0.2) is 30.3 Å². The molecule has 0 aliphatic rings. The Balaban J connectivity index is 2.18. The molecule has 2 aromatic rings. The summed E-state index contributed by atoms with van der Waals surface area (Å²) in [6.45, 7) is 3.58. The van der Waals surface area contributed by atoms with Gasteiger partial charge >= 0.3 is 5.97 Å². The lowest BCUT2D eigenvalue weighted by Crippen LogP contribution is -2.08. The monoisotopic (exact) mass is 299 g/mol. The summed E-state index contributed by atoms with van der Waals surface area (Å²) >= 11 is 0. The molecule has 0 aliphatic carbocycles. The lowest BCUT2D eigenvalue weighted by Gasteiger charge is -2.02. The largest absolute Gasteiger partial charge is 0.477 e. The van der Waals surface area contributed by atoms with E-state index in [0.717, 1.165) is 11.3 Å². The molecule has 1 amide bonds. The summed E-state index contributed by atoms with van der Waals surface area (Å²) < 4.78 is 0. The number of aromatic nitrogens is 1. The van der Waals surface area contributed by atoms with Gasteiger partial charge in [0.15, 0.2) is 0 Å². The van der Waals surface area contributed by atoms with Crippen molar-refractivity contribution in [2.45, 2.75) is 13.8 Å². The third kappa shape index (κ3) is 3.35. The van der Waals surface area contributed by atoms with Crippen molar-refractivity contribution in [2.24, 2.45) is 0 Å². The fourth-order valence-corrected chi connectivity index (χ4v) is 2.07. The first kappa shape index (κ1) is 15.4. The number of carboxylic acid groups (broad SMARTS) is 1. The van der Waals surface area contributed by atoms with Gasteiger partial charge < -0.3 is 21.1 Å². The number of hydrogen-bond donors (Lipinski definition) is 4. The van der Waals surface area contributed by atoms with Crippen molar-refractivity contribution < 1.29 is 14.7 Å². The van der Waals surface area contributed by atoms with Gasteiger partial charge in [0, 0.05) is 28.7 Å². The maximum atomic E-state index is 11.9. The van der Waals surface area contributed by atoms with Gasteiger partial charge in [0.05, 0.1) is 0 Å². The van der Waals surface area contributed by atoms with Crippen molar-refractivity contribution in [3.05, 3.63) is 52.9 Å². The van der Waals surface area contributed by atoms with Crippen LogP contribution in [0.25, 0.3) is 6.08 Å². The van der Waals surface area contributed by atoms with Crippen LogP contribution in [-0.4, -0.2) is 22.0 Å². The number of aromatic amines is 1. The van der Waals surface area contributed by atoms with Gasteiger partial charge in [-0.3, -0.25) is 4.79 Å². The van der Waals surface area contributed by atoms with Crippen molar-refractivity contribution in [3.63, 3.8) is 0 Å². The number of aromatic carboxylic acids is 1. The molecule has 1 aromatic heterocycles. The number of anilines is 2. The van der Waals surface area contributed by atoms with Crippen molar-refractivity contribution in [1.29, 1.82) is 0 Å². The van der Waals surface area contributed by atoms with Gasteiger partial charge in [-0.25, -0.2) is 4.79 Å². The molecule has 0 saturated carbocycles. The second kappa shape index (κ2) is 6.17. The molecule has 2 rings (SSSR count). The summed E-state index contributed by atoms with van der Waals surface area (Å²) in [4.78, 5) is 25.9. The zero-order valence-electron chi connectivity index (χ0n) is 12.3. The van der Waals surface area contributed by atoms with E-state index in [4.69, 9.17) is 10.8 Å². The first-order chi connectivity index (χ1) is 10.4. The smallest absolute Gasteiger partial charge is 0.352 e. The third-order valence-electron chi connectivity index (χ3n) is 3.32. The number of benzene rings is 1. The first-order valence-electron chi connectivity index (χ1n) is 6.65. The van der Waals surface area contributed by atoms with Crippen molar-refractivity contribution >= 4 is 29.3 Å². The topological polar surface area (TPSA) is 108 Å². The number of nitrogens with two attached hydrogens (primary N) is 1. The van der Waals surface area contributed by atoms with Crippen LogP contribution in [0.5, 0.6) is 0 Å². The maximum absolute atomic E-state index is 11.9. The molecule has 1 aromatic carbocycles. The minimum atomic E-state index is -1.06. The lowest BCUT2D eigenvalue weighted by atomic mass is 10.1. The summed E-state index contributed by atoms with van der Waals surface area (Å²) in [6.07, 6.45) is 2.79. The van der Waals surface area contributed by atoms with Crippen LogP contribution < -0.4 is 11.1 Å². The Bertz CT molecular complexity index is 760. The summed E-state index contributed by atoms with van der Waals surface area (Å²) in [5, 5.41) is 11.8. The fourth-order valence-electron chi connectivity index (χ4n) is 2.07. The van der Waals surface area contributed by atoms with E-state index in [1.54, 1.807) is 38.1 Å². The van der Waals surface area contributed by atoms with E-state index >= 15 is 0 Å². The highest BCUT2D eigenvalue weighted by Gasteiger charge is 2.15. The SMILES string of the molecule is Cc1[nH]c(C(=O)O)c(/C=C/C(=O)Nc2cccc(N)c2)c1C. The molecule has 0 spiro atoms. The molecular formula is C16H17N3O3. The van der Waals surface area contributed by atoms with Gasteiger partial charge in [-0.1, -0.05) is 6.07 Å². The normalized spacial score (nSPS) is 10.8. The molecule has 0 aliphatic heterocycles. The molecule has 22 heavy (non-hydrogen) atoms. The van der Waals surface area contributed by atoms with E-state index in [-0.39, 0.29) is 11.6 Å². The lowest BCUT2D eigenvalue weighted by molar-refractivity contribution is -0.111. The van der Waals surface area contributed by atoms with Gasteiger partial charge in [0.2, 0.25) is 5.91 Å². The van der Waals surface area contributed by atoms with Crippen molar-refractivity contribution in [2.75, 3.05) is 11.1 Å². The molecule has 1 heterocycles. The molecule has 0 fully saturated rings. The Morgan fingerprint density at radius 2 is 2.05 bits per heavy atom. The number of nitrogens with one attached hydrogen (secondary N) is 2. The van der Waals surface area contributed by atoms with E-state index in [2.05, 4.69) is 10.3 Å². The number of nitrogen functional groups attached to an aromatic ring is 1. The van der Waals surface area contributed by atoms with Crippen LogP contribution in [0.1, 0.15) is 27.3 Å². The van der Waals surface area contributed by atoms with Crippen molar-refractivity contribution in [3.8, 4) is 0 Å². The Hall–Kier alpha value is -3.02. The molecule has 0 atom stereocenters. The zero-order chi connectivity index (χ0) is 16.3. The minimum Gasteiger partial charge on any atom is -0.477 e. The third-order valence-corrected chi connectivity index (χ3v) is 3.32. The average Bonchev–Trinajstić information content (AvgIpc) is 2.73. The van der Waals surface area contributed by atoms with Crippen LogP contribution >= 0.6 is 0 Å². The number of aryl methyl sites for hydroxylation is 1. The predicted molar refractivity (Wildman–Crippen MR) is 85.7 cm³/mol. The van der Waals surface area contributed by atoms with Crippen molar-refractivity contribution in [1.82, 2.24) is 4.98 Å². The van der Waals surface area contributed by atoms with Gasteiger partial charge in [-0.05, 0) is 43.7 Å². The fraction of sp³-hybridized carbons (Fsp3) is 0.125. The number of amides is 1. The van der Waals surface area contributed by atoms with Crippen LogP contribution in [0, 0.1) is 13.8 Å². The summed E-state index contributed by atoms with van der Waals surface area (Å²) in [5.74, 6) is -1.42. The Labute approximate surface area is 127 Å². The highest BCUT2D eigenvalue weighted by atomic mass is 16.4. The van der Waals surface area contributed by atoms with E-state index < -0.39 is 5.97 Å². The second-order valence-corrected chi connectivity index (χ2v) is 4.92. The van der Waals surface area contributed by atoms with Gasteiger partial charge in [-0.2, -0.15) is 0 Å². The minimum absolute atomic E-state index is 0.0722. The number of hydrogen-bond acceptors (Lipinski definition) is 3. The molecular weight excluding hydrogens is 282 g/mol. The number of H-pyrrole nitrogens is 1. The second-order valence-electron chi connectivity index (χ2n) is 4.92. The zero-order valence-corrected chi connectivity index (χ0v) is 12.3. The molecule has 0 saturated heterocycles. The van der Waals surface area contributed by atoms with Crippen LogP contribution in [-0.2, 0) is 4.79 Å². The van der Waals surface area contributed by atoms with Crippen LogP contribution in [0.4, 0.5) is 11.4 Å². The Morgan fingerprint density at radius 3 is 2.68 bits per heavy atom.